The van der Waals surface area contributed by atoms with Crippen molar-refractivity contribution in [2.45, 2.75) is 63.1 Å². The van der Waals surface area contributed by atoms with Crippen molar-refractivity contribution < 1.29 is 13.2 Å². The smallest absolute Gasteiger partial charge is 0.282 e. The largest absolute Gasteiger partial charge is 0.375 e. The molecule has 7 heteroatoms. The molecule has 0 aromatic heterocycles. The molecule has 6 nitrogen and oxygen atoms in total. The summed E-state index contributed by atoms with van der Waals surface area (Å²) in [6.07, 6.45) is 7.12. The molecule has 2 N–H and O–H groups in total. The number of hydrogen-bond acceptors (Lipinski definition) is 4. The van der Waals surface area contributed by atoms with Crippen LogP contribution >= 0.6 is 0 Å². The van der Waals surface area contributed by atoms with Crippen molar-refractivity contribution in [2.75, 3.05) is 26.2 Å². The number of hydrogen-bond donors (Lipinski definition) is 1. The second kappa shape index (κ2) is 6.50. The Morgan fingerprint density at radius 2 is 1.76 bits per heavy atom. The predicted molar refractivity (Wildman–Crippen MR) is 81.0 cm³/mol. The normalized spacial score (nSPS) is 36.3. The third-order valence-electron chi connectivity index (χ3n) is 5.12. The maximum absolute atomic E-state index is 13.1. The third kappa shape index (κ3) is 2.99. The fourth-order valence-electron chi connectivity index (χ4n) is 4.00. The van der Waals surface area contributed by atoms with E-state index in [-0.39, 0.29) is 18.2 Å². The zero-order valence-corrected chi connectivity index (χ0v) is 13.4. The van der Waals surface area contributed by atoms with Gasteiger partial charge in [-0.15, -0.1) is 0 Å². The Hall–Kier alpha value is -0.210. The molecule has 0 spiro atoms. The lowest BCUT2D eigenvalue weighted by molar-refractivity contribution is -0.0608. The standard InChI is InChI=1S/C14H27N3O3S/c15-11-12-5-3-4-8-16(12)21(18,19)17-9-10-20-14-7-2-1-6-13(14)17/h12-14H,1-11,15H2. The van der Waals surface area contributed by atoms with Crippen molar-refractivity contribution in [1.82, 2.24) is 8.61 Å². The summed E-state index contributed by atoms with van der Waals surface area (Å²) in [5.41, 5.74) is 5.80. The third-order valence-corrected chi connectivity index (χ3v) is 7.24. The first-order valence-electron chi connectivity index (χ1n) is 8.25. The quantitative estimate of drug-likeness (QED) is 0.831. The fourth-order valence-corrected chi connectivity index (χ4v) is 6.08. The number of rotatable bonds is 3. The number of piperidine rings is 1. The van der Waals surface area contributed by atoms with Crippen LogP contribution in [-0.4, -0.2) is 61.5 Å². The van der Waals surface area contributed by atoms with Crippen LogP contribution in [0.4, 0.5) is 0 Å². The summed E-state index contributed by atoms with van der Waals surface area (Å²) >= 11 is 0. The van der Waals surface area contributed by atoms with Crippen LogP contribution in [0.25, 0.3) is 0 Å². The number of nitrogens with two attached hydrogens (primary N) is 1. The zero-order chi connectivity index (χ0) is 14.9. The van der Waals surface area contributed by atoms with Crippen molar-refractivity contribution in [1.29, 1.82) is 0 Å². The van der Waals surface area contributed by atoms with Gasteiger partial charge in [0.05, 0.1) is 18.8 Å². The molecule has 0 aromatic rings. The summed E-state index contributed by atoms with van der Waals surface area (Å²) in [7, 11) is -3.41. The monoisotopic (exact) mass is 317 g/mol. The molecule has 2 saturated heterocycles. The zero-order valence-electron chi connectivity index (χ0n) is 12.6. The van der Waals surface area contributed by atoms with E-state index in [1.807, 2.05) is 0 Å². The van der Waals surface area contributed by atoms with Gasteiger partial charge in [0.2, 0.25) is 0 Å². The summed E-state index contributed by atoms with van der Waals surface area (Å²) in [5, 5.41) is 0. The average molecular weight is 317 g/mol. The highest BCUT2D eigenvalue weighted by Crippen LogP contribution is 2.32. The molecule has 1 saturated carbocycles. The molecule has 0 radical (unpaired) electrons. The highest BCUT2D eigenvalue weighted by Gasteiger charge is 2.44. The van der Waals surface area contributed by atoms with E-state index in [1.165, 1.54) is 0 Å². The van der Waals surface area contributed by atoms with Crippen LogP contribution < -0.4 is 5.73 Å². The molecule has 1 aliphatic carbocycles. The van der Waals surface area contributed by atoms with Gasteiger partial charge in [-0.2, -0.15) is 17.0 Å². The Bertz CT molecular complexity index is 454. The van der Waals surface area contributed by atoms with Gasteiger partial charge in [-0.3, -0.25) is 0 Å². The van der Waals surface area contributed by atoms with Gasteiger partial charge in [-0.05, 0) is 25.7 Å². The fraction of sp³-hybridized carbons (Fsp3) is 1.00. The molecule has 2 aliphatic heterocycles. The van der Waals surface area contributed by atoms with Gasteiger partial charge in [0.15, 0.2) is 0 Å². The molecule has 3 atom stereocenters. The number of nitrogens with zero attached hydrogens (tertiary/aromatic N) is 2. The number of ether oxygens (including phenoxy) is 1. The molecule has 0 amide bonds. The van der Waals surface area contributed by atoms with Crippen molar-refractivity contribution in [3.05, 3.63) is 0 Å². The molecular weight excluding hydrogens is 290 g/mol. The van der Waals surface area contributed by atoms with E-state index < -0.39 is 10.2 Å². The van der Waals surface area contributed by atoms with E-state index in [0.29, 0.717) is 26.2 Å². The Morgan fingerprint density at radius 1 is 1.00 bits per heavy atom. The van der Waals surface area contributed by atoms with Crippen LogP contribution in [0, 0.1) is 0 Å². The molecule has 2 heterocycles. The molecule has 3 rings (SSSR count). The summed E-state index contributed by atoms with van der Waals surface area (Å²) in [6.45, 7) is 2.02. The first-order chi connectivity index (χ1) is 10.1. The van der Waals surface area contributed by atoms with Gasteiger partial charge >= 0.3 is 0 Å². The Kier molecular flexibility index (Phi) is 4.85. The van der Waals surface area contributed by atoms with E-state index >= 15 is 0 Å². The summed E-state index contributed by atoms with van der Waals surface area (Å²) in [5.74, 6) is 0. The van der Waals surface area contributed by atoms with Crippen LogP contribution in [0.15, 0.2) is 0 Å². The first kappa shape index (κ1) is 15.7. The minimum atomic E-state index is -3.41. The molecular formula is C14H27N3O3S. The Labute approximate surface area is 127 Å². The van der Waals surface area contributed by atoms with Gasteiger partial charge in [0, 0.05) is 25.7 Å². The summed E-state index contributed by atoms with van der Waals surface area (Å²) in [6, 6.07) is -0.00788. The van der Waals surface area contributed by atoms with E-state index in [9.17, 15) is 8.42 Å². The Morgan fingerprint density at radius 3 is 2.57 bits per heavy atom. The van der Waals surface area contributed by atoms with E-state index in [1.54, 1.807) is 8.61 Å². The van der Waals surface area contributed by atoms with Crippen molar-refractivity contribution >= 4 is 10.2 Å². The minimum Gasteiger partial charge on any atom is -0.375 e. The second-order valence-electron chi connectivity index (χ2n) is 6.38. The van der Waals surface area contributed by atoms with E-state index in [4.69, 9.17) is 10.5 Å². The molecule has 0 bridgehead atoms. The topological polar surface area (TPSA) is 75.9 Å². The van der Waals surface area contributed by atoms with Crippen LogP contribution in [0.5, 0.6) is 0 Å². The summed E-state index contributed by atoms with van der Waals surface area (Å²) < 4.78 is 35.4. The van der Waals surface area contributed by atoms with Crippen molar-refractivity contribution in [3.63, 3.8) is 0 Å². The lowest BCUT2D eigenvalue weighted by Crippen LogP contribution is -2.61. The predicted octanol–water partition coefficient (Wildman–Crippen LogP) is 0.688. The van der Waals surface area contributed by atoms with Crippen LogP contribution in [-0.2, 0) is 14.9 Å². The van der Waals surface area contributed by atoms with E-state index in [0.717, 1.165) is 44.9 Å². The van der Waals surface area contributed by atoms with Crippen LogP contribution in [0.1, 0.15) is 44.9 Å². The first-order valence-corrected chi connectivity index (χ1v) is 9.64. The Balaban J connectivity index is 1.82. The van der Waals surface area contributed by atoms with Gasteiger partial charge in [-0.25, -0.2) is 0 Å². The highest BCUT2D eigenvalue weighted by molar-refractivity contribution is 7.86. The molecule has 3 aliphatic rings. The summed E-state index contributed by atoms with van der Waals surface area (Å²) in [4.78, 5) is 0. The molecule has 21 heavy (non-hydrogen) atoms. The molecule has 3 unspecified atom stereocenters. The highest BCUT2D eigenvalue weighted by atomic mass is 32.2. The maximum Gasteiger partial charge on any atom is 0.282 e. The molecule has 0 aromatic carbocycles. The van der Waals surface area contributed by atoms with Gasteiger partial charge in [0.25, 0.3) is 10.2 Å². The van der Waals surface area contributed by atoms with Crippen molar-refractivity contribution in [2.24, 2.45) is 5.73 Å². The van der Waals surface area contributed by atoms with Gasteiger partial charge in [-0.1, -0.05) is 19.3 Å². The maximum atomic E-state index is 13.1. The number of fused-ring (bicyclic) bond motifs is 1. The van der Waals surface area contributed by atoms with Gasteiger partial charge in [0.1, 0.15) is 0 Å². The van der Waals surface area contributed by atoms with Crippen LogP contribution in [0.2, 0.25) is 0 Å². The average Bonchev–Trinajstić information content (AvgIpc) is 2.54. The van der Waals surface area contributed by atoms with Gasteiger partial charge < -0.3 is 10.5 Å². The minimum absolute atomic E-state index is 0.0258. The van der Waals surface area contributed by atoms with E-state index in [2.05, 4.69) is 0 Å². The van der Waals surface area contributed by atoms with Crippen molar-refractivity contribution in [3.8, 4) is 0 Å². The lowest BCUT2D eigenvalue weighted by Gasteiger charge is -2.46. The van der Waals surface area contributed by atoms with Crippen LogP contribution in [0.3, 0.4) is 0 Å². The number of morpholine rings is 1. The second-order valence-corrected chi connectivity index (χ2v) is 8.21. The SMILES string of the molecule is NCC1CCCCN1S(=O)(=O)N1CCOC2CCCCC21. The molecule has 122 valence electrons. The molecule has 3 fully saturated rings. The lowest BCUT2D eigenvalue weighted by atomic mass is 9.91.